The Hall–Kier alpha value is -1.66. The third-order valence-electron chi connectivity index (χ3n) is 3.47. The Morgan fingerprint density at radius 3 is 2.70 bits per heavy atom. The number of hydrogen-bond donors (Lipinski definition) is 3. The molecule has 7 heteroatoms. The molecule has 1 aromatic carbocycles. The topological polar surface area (TPSA) is 78.4 Å². The number of hydrogen-bond acceptors (Lipinski definition) is 3. The van der Waals surface area contributed by atoms with Crippen LogP contribution in [-0.4, -0.2) is 30.1 Å². The van der Waals surface area contributed by atoms with Gasteiger partial charge in [0.2, 0.25) is 5.91 Å². The molecule has 0 saturated carbocycles. The van der Waals surface area contributed by atoms with Crippen molar-refractivity contribution in [1.29, 1.82) is 0 Å². The lowest BCUT2D eigenvalue weighted by Gasteiger charge is -2.22. The highest BCUT2D eigenvalue weighted by Crippen LogP contribution is 2.29. The minimum Gasteiger partial charge on any atom is -0.480 e. The molecule has 1 saturated heterocycles. The number of nitrogens with one attached hydrogen (secondary N) is 2. The van der Waals surface area contributed by atoms with E-state index in [4.69, 9.17) is 11.6 Å². The molecule has 1 aromatic rings. The highest BCUT2D eigenvalue weighted by molar-refractivity contribution is 6.31. The SMILES string of the molecule is Cc1cc(NC(=O)C2(C(=O)O)CCNC2)cc(Cl)c1F. The van der Waals surface area contributed by atoms with Crippen molar-refractivity contribution in [2.75, 3.05) is 18.4 Å². The van der Waals surface area contributed by atoms with E-state index >= 15 is 0 Å². The Morgan fingerprint density at radius 2 is 2.20 bits per heavy atom. The first-order valence-electron chi connectivity index (χ1n) is 6.08. The van der Waals surface area contributed by atoms with Gasteiger partial charge >= 0.3 is 5.97 Å². The summed E-state index contributed by atoms with van der Waals surface area (Å²) in [4.78, 5) is 23.6. The number of aliphatic carboxylic acids is 1. The lowest BCUT2D eigenvalue weighted by molar-refractivity contribution is -0.152. The zero-order valence-corrected chi connectivity index (χ0v) is 11.6. The standard InChI is InChI=1S/C13H14ClFN2O3/c1-7-4-8(5-9(14)10(7)15)17-11(18)13(12(19)20)2-3-16-6-13/h4-5,16H,2-3,6H2,1H3,(H,17,18)(H,19,20). The molecule has 1 fully saturated rings. The van der Waals surface area contributed by atoms with Crippen LogP contribution in [-0.2, 0) is 9.59 Å². The van der Waals surface area contributed by atoms with E-state index in [9.17, 15) is 19.1 Å². The number of amides is 1. The van der Waals surface area contributed by atoms with Crippen molar-refractivity contribution in [1.82, 2.24) is 5.32 Å². The number of anilines is 1. The summed E-state index contributed by atoms with van der Waals surface area (Å²) < 4.78 is 13.4. The summed E-state index contributed by atoms with van der Waals surface area (Å²) in [5, 5.41) is 14.5. The highest BCUT2D eigenvalue weighted by Gasteiger charge is 2.48. The Labute approximate surface area is 120 Å². The predicted octanol–water partition coefficient (Wildman–Crippen LogP) is 1.79. The van der Waals surface area contributed by atoms with Crippen molar-refractivity contribution in [2.24, 2.45) is 5.41 Å². The molecule has 20 heavy (non-hydrogen) atoms. The van der Waals surface area contributed by atoms with E-state index in [1.165, 1.54) is 19.1 Å². The van der Waals surface area contributed by atoms with Crippen LogP contribution in [0.5, 0.6) is 0 Å². The second kappa shape index (κ2) is 5.38. The molecule has 1 aliphatic heterocycles. The number of carboxylic acids is 1. The van der Waals surface area contributed by atoms with Crippen molar-refractivity contribution in [3.63, 3.8) is 0 Å². The molecular weight excluding hydrogens is 287 g/mol. The van der Waals surface area contributed by atoms with E-state index in [-0.39, 0.29) is 29.2 Å². The summed E-state index contributed by atoms with van der Waals surface area (Å²) in [7, 11) is 0. The zero-order valence-electron chi connectivity index (χ0n) is 10.8. The smallest absolute Gasteiger partial charge is 0.320 e. The molecule has 1 unspecified atom stereocenters. The lowest BCUT2D eigenvalue weighted by atomic mass is 9.86. The van der Waals surface area contributed by atoms with Gasteiger partial charge in [0.1, 0.15) is 5.82 Å². The van der Waals surface area contributed by atoms with Crippen molar-refractivity contribution >= 4 is 29.2 Å². The van der Waals surface area contributed by atoms with Gasteiger partial charge in [-0.25, -0.2) is 4.39 Å². The number of carbonyl (C=O) groups excluding carboxylic acids is 1. The number of rotatable bonds is 3. The van der Waals surface area contributed by atoms with Crippen LogP contribution in [0.2, 0.25) is 5.02 Å². The van der Waals surface area contributed by atoms with E-state index < -0.39 is 23.1 Å². The van der Waals surface area contributed by atoms with Gasteiger partial charge in [-0.1, -0.05) is 11.6 Å². The van der Waals surface area contributed by atoms with Gasteiger partial charge in [-0.15, -0.1) is 0 Å². The van der Waals surface area contributed by atoms with Crippen molar-refractivity contribution in [2.45, 2.75) is 13.3 Å². The Balaban J connectivity index is 2.25. The van der Waals surface area contributed by atoms with Crippen molar-refractivity contribution in [3.05, 3.63) is 28.5 Å². The van der Waals surface area contributed by atoms with Crippen LogP contribution in [0.1, 0.15) is 12.0 Å². The molecule has 1 amide bonds. The first-order valence-corrected chi connectivity index (χ1v) is 6.46. The van der Waals surface area contributed by atoms with Gasteiger partial charge < -0.3 is 15.7 Å². The van der Waals surface area contributed by atoms with Gasteiger partial charge in [0.25, 0.3) is 0 Å². The first kappa shape index (κ1) is 14.7. The summed E-state index contributed by atoms with van der Waals surface area (Å²) in [6.45, 7) is 2.05. The molecule has 3 N–H and O–H groups in total. The minimum absolute atomic E-state index is 0.0715. The van der Waals surface area contributed by atoms with Crippen LogP contribution in [0.25, 0.3) is 0 Å². The summed E-state index contributed by atoms with van der Waals surface area (Å²) in [6.07, 6.45) is 0.210. The molecule has 0 radical (unpaired) electrons. The maximum absolute atomic E-state index is 13.4. The molecular formula is C13H14ClFN2O3. The lowest BCUT2D eigenvalue weighted by Crippen LogP contribution is -2.44. The first-order chi connectivity index (χ1) is 9.36. The molecule has 108 valence electrons. The van der Waals surface area contributed by atoms with Crippen LogP contribution in [0, 0.1) is 18.2 Å². The van der Waals surface area contributed by atoms with Crippen LogP contribution >= 0.6 is 11.6 Å². The minimum atomic E-state index is -1.49. The molecule has 0 bridgehead atoms. The Bertz CT molecular complexity index is 548. The fraction of sp³-hybridized carbons (Fsp3) is 0.385. The summed E-state index contributed by atoms with van der Waals surface area (Å²) in [5.41, 5.74) is -0.928. The highest BCUT2D eigenvalue weighted by atomic mass is 35.5. The summed E-state index contributed by atoms with van der Waals surface area (Å²) in [6, 6.07) is 2.68. The fourth-order valence-corrected chi connectivity index (χ4v) is 2.48. The number of carbonyl (C=O) groups is 2. The normalized spacial score (nSPS) is 21.8. The largest absolute Gasteiger partial charge is 0.480 e. The van der Waals surface area contributed by atoms with E-state index in [2.05, 4.69) is 10.6 Å². The monoisotopic (exact) mass is 300 g/mol. The molecule has 1 heterocycles. The maximum Gasteiger partial charge on any atom is 0.320 e. The van der Waals surface area contributed by atoms with Gasteiger partial charge in [0.15, 0.2) is 5.41 Å². The average Bonchev–Trinajstić information content (AvgIpc) is 2.86. The predicted molar refractivity (Wildman–Crippen MR) is 72.3 cm³/mol. The number of carboxylic acid groups (broad SMARTS) is 1. The number of halogens is 2. The van der Waals surface area contributed by atoms with E-state index in [0.29, 0.717) is 6.54 Å². The van der Waals surface area contributed by atoms with Crippen molar-refractivity contribution < 1.29 is 19.1 Å². The molecule has 0 spiro atoms. The van der Waals surface area contributed by atoms with Crippen molar-refractivity contribution in [3.8, 4) is 0 Å². The van der Waals surface area contributed by atoms with E-state index in [1.807, 2.05) is 0 Å². The molecule has 1 aliphatic rings. The fourth-order valence-electron chi connectivity index (χ4n) is 2.21. The molecule has 0 aliphatic carbocycles. The summed E-state index contributed by atoms with van der Waals surface area (Å²) in [5.74, 6) is -2.36. The van der Waals surface area contributed by atoms with E-state index in [1.54, 1.807) is 0 Å². The van der Waals surface area contributed by atoms with Gasteiger partial charge in [-0.05, 0) is 37.6 Å². The number of aryl methyl sites for hydroxylation is 1. The third kappa shape index (κ3) is 2.48. The van der Waals surface area contributed by atoms with Crippen LogP contribution in [0.3, 0.4) is 0 Å². The molecule has 2 rings (SSSR count). The van der Waals surface area contributed by atoms with Gasteiger partial charge in [-0.2, -0.15) is 0 Å². The third-order valence-corrected chi connectivity index (χ3v) is 3.74. The second-order valence-electron chi connectivity index (χ2n) is 4.86. The average molecular weight is 301 g/mol. The Morgan fingerprint density at radius 1 is 1.50 bits per heavy atom. The van der Waals surface area contributed by atoms with Crippen LogP contribution in [0.15, 0.2) is 12.1 Å². The Kier molecular flexibility index (Phi) is 3.96. The van der Waals surface area contributed by atoms with Gasteiger partial charge in [-0.3, -0.25) is 9.59 Å². The van der Waals surface area contributed by atoms with Crippen LogP contribution < -0.4 is 10.6 Å². The molecule has 1 atom stereocenters. The summed E-state index contributed by atoms with van der Waals surface area (Å²) >= 11 is 5.70. The second-order valence-corrected chi connectivity index (χ2v) is 5.26. The maximum atomic E-state index is 13.4. The quantitative estimate of drug-likeness (QED) is 0.744. The van der Waals surface area contributed by atoms with E-state index in [0.717, 1.165) is 0 Å². The number of benzene rings is 1. The molecule has 0 aromatic heterocycles. The van der Waals surface area contributed by atoms with Gasteiger partial charge in [0.05, 0.1) is 5.02 Å². The zero-order chi connectivity index (χ0) is 14.9. The van der Waals surface area contributed by atoms with Gasteiger partial charge in [0, 0.05) is 12.2 Å². The van der Waals surface area contributed by atoms with Crippen LogP contribution in [0.4, 0.5) is 10.1 Å². The molecule has 5 nitrogen and oxygen atoms in total.